The van der Waals surface area contributed by atoms with Crippen molar-refractivity contribution in [1.82, 2.24) is 5.32 Å². The van der Waals surface area contributed by atoms with Gasteiger partial charge in [0.15, 0.2) is 0 Å². The number of nitrogens with one attached hydrogen (secondary N) is 1. The highest BCUT2D eigenvalue weighted by atomic mass is 32.1. The zero-order chi connectivity index (χ0) is 10.6. The summed E-state index contributed by atoms with van der Waals surface area (Å²) in [6.07, 6.45) is -4.84. The lowest BCUT2D eigenvalue weighted by Gasteiger charge is -2.12. The quantitative estimate of drug-likeness (QED) is 0.825. The Morgan fingerprint density at radius 1 is 1.50 bits per heavy atom. The molecule has 0 aliphatic heterocycles. The first-order valence-electron chi connectivity index (χ1n) is 4.32. The lowest BCUT2D eigenvalue weighted by Crippen LogP contribution is -2.23. The van der Waals surface area contributed by atoms with E-state index < -0.39 is 12.6 Å². The van der Waals surface area contributed by atoms with E-state index in [4.69, 9.17) is 0 Å². The van der Waals surface area contributed by atoms with Gasteiger partial charge in [-0.15, -0.1) is 11.3 Å². The molecule has 0 aliphatic rings. The monoisotopic (exact) mass is 223 g/mol. The predicted molar refractivity (Wildman–Crippen MR) is 51.4 cm³/mol. The SMILES string of the molecule is C[C@H](NCCC(F)(F)F)c1cccs1. The van der Waals surface area contributed by atoms with Gasteiger partial charge in [0.2, 0.25) is 0 Å². The van der Waals surface area contributed by atoms with Gasteiger partial charge in [-0.2, -0.15) is 13.2 Å². The van der Waals surface area contributed by atoms with Crippen molar-refractivity contribution >= 4 is 11.3 Å². The van der Waals surface area contributed by atoms with E-state index in [0.29, 0.717) is 0 Å². The van der Waals surface area contributed by atoms with Gasteiger partial charge in [0.05, 0.1) is 6.42 Å². The Morgan fingerprint density at radius 3 is 2.71 bits per heavy atom. The molecule has 1 heterocycles. The minimum absolute atomic E-state index is 0.00245. The number of halogens is 3. The molecule has 0 aromatic carbocycles. The van der Waals surface area contributed by atoms with Crippen molar-refractivity contribution in [2.75, 3.05) is 6.54 Å². The molecule has 1 N–H and O–H groups in total. The summed E-state index contributed by atoms with van der Waals surface area (Å²) in [5.41, 5.74) is 0. The van der Waals surface area contributed by atoms with E-state index in [2.05, 4.69) is 5.32 Å². The molecule has 0 fully saturated rings. The van der Waals surface area contributed by atoms with E-state index >= 15 is 0 Å². The summed E-state index contributed by atoms with van der Waals surface area (Å²) < 4.78 is 35.4. The van der Waals surface area contributed by atoms with E-state index in [0.717, 1.165) is 4.88 Å². The average molecular weight is 223 g/mol. The first kappa shape index (κ1) is 11.5. The van der Waals surface area contributed by atoms with Crippen LogP contribution in [0.5, 0.6) is 0 Å². The Morgan fingerprint density at radius 2 is 2.21 bits per heavy atom. The number of hydrogen-bond acceptors (Lipinski definition) is 2. The maximum atomic E-state index is 11.8. The smallest absolute Gasteiger partial charge is 0.309 e. The first-order valence-corrected chi connectivity index (χ1v) is 5.20. The van der Waals surface area contributed by atoms with Crippen molar-refractivity contribution in [2.24, 2.45) is 0 Å². The van der Waals surface area contributed by atoms with E-state index in [1.807, 2.05) is 24.4 Å². The second kappa shape index (κ2) is 4.79. The minimum atomic E-state index is -4.07. The molecule has 1 nitrogen and oxygen atoms in total. The summed E-state index contributed by atoms with van der Waals surface area (Å²) in [5.74, 6) is 0. The zero-order valence-corrected chi connectivity index (χ0v) is 8.58. The van der Waals surface area contributed by atoms with Crippen LogP contribution in [-0.4, -0.2) is 12.7 Å². The van der Waals surface area contributed by atoms with Gasteiger partial charge < -0.3 is 5.32 Å². The molecule has 1 aromatic heterocycles. The summed E-state index contributed by atoms with van der Waals surface area (Å²) in [4.78, 5) is 1.06. The standard InChI is InChI=1S/C9H12F3NS/c1-7(8-3-2-6-14-8)13-5-4-9(10,11)12/h2-3,6-7,13H,4-5H2,1H3/t7-/m0/s1. The van der Waals surface area contributed by atoms with Gasteiger partial charge in [-0.3, -0.25) is 0 Å². The van der Waals surface area contributed by atoms with Crippen molar-refractivity contribution in [3.8, 4) is 0 Å². The van der Waals surface area contributed by atoms with Crippen LogP contribution in [-0.2, 0) is 0 Å². The number of alkyl halides is 3. The predicted octanol–water partition coefficient (Wildman–Crippen LogP) is 3.35. The second-order valence-corrected chi connectivity index (χ2v) is 4.04. The van der Waals surface area contributed by atoms with E-state index in [9.17, 15) is 13.2 Å². The van der Waals surface area contributed by atoms with Crippen LogP contribution in [0, 0.1) is 0 Å². The molecule has 0 saturated heterocycles. The molecule has 80 valence electrons. The Labute approximate surface area is 84.9 Å². The van der Waals surface area contributed by atoms with Crippen molar-refractivity contribution in [1.29, 1.82) is 0 Å². The fourth-order valence-electron chi connectivity index (χ4n) is 1.07. The molecule has 1 atom stereocenters. The third-order valence-electron chi connectivity index (χ3n) is 1.83. The first-order chi connectivity index (χ1) is 6.49. The topological polar surface area (TPSA) is 12.0 Å². The number of thiophene rings is 1. The van der Waals surface area contributed by atoms with Gasteiger partial charge in [-0.25, -0.2) is 0 Å². The molecule has 0 unspecified atom stereocenters. The van der Waals surface area contributed by atoms with Crippen LogP contribution in [0.25, 0.3) is 0 Å². The Bertz CT molecular complexity index is 256. The van der Waals surface area contributed by atoms with Crippen LogP contribution in [0.15, 0.2) is 17.5 Å². The molecule has 1 aromatic rings. The largest absolute Gasteiger partial charge is 0.390 e. The summed E-state index contributed by atoms with van der Waals surface area (Å²) in [6.45, 7) is 1.84. The van der Waals surface area contributed by atoms with E-state index in [1.165, 1.54) is 0 Å². The normalized spacial score (nSPS) is 14.3. The molecule has 0 amide bonds. The Hall–Kier alpha value is -0.550. The van der Waals surface area contributed by atoms with Crippen LogP contribution in [0.4, 0.5) is 13.2 Å². The maximum absolute atomic E-state index is 11.8. The van der Waals surface area contributed by atoms with Crippen molar-refractivity contribution < 1.29 is 13.2 Å². The highest BCUT2D eigenvalue weighted by Crippen LogP contribution is 2.21. The highest BCUT2D eigenvalue weighted by Gasteiger charge is 2.26. The van der Waals surface area contributed by atoms with Gasteiger partial charge in [-0.05, 0) is 18.4 Å². The number of hydrogen-bond donors (Lipinski definition) is 1. The molecule has 0 radical (unpaired) electrons. The lowest BCUT2D eigenvalue weighted by molar-refractivity contribution is -0.133. The van der Waals surface area contributed by atoms with Crippen LogP contribution in [0.1, 0.15) is 24.3 Å². The van der Waals surface area contributed by atoms with Gasteiger partial charge >= 0.3 is 6.18 Å². The fraction of sp³-hybridized carbons (Fsp3) is 0.556. The van der Waals surface area contributed by atoms with Crippen LogP contribution in [0.2, 0.25) is 0 Å². The molecule has 14 heavy (non-hydrogen) atoms. The zero-order valence-electron chi connectivity index (χ0n) is 7.77. The van der Waals surface area contributed by atoms with Crippen molar-refractivity contribution in [2.45, 2.75) is 25.6 Å². The summed E-state index contributed by atoms with van der Waals surface area (Å²) >= 11 is 1.55. The second-order valence-electron chi connectivity index (χ2n) is 3.06. The Balaban J connectivity index is 2.26. The molecule has 0 bridgehead atoms. The van der Waals surface area contributed by atoms with E-state index in [-0.39, 0.29) is 12.6 Å². The lowest BCUT2D eigenvalue weighted by atomic mass is 10.2. The summed E-state index contributed by atoms with van der Waals surface area (Å²) in [6, 6.07) is 3.80. The van der Waals surface area contributed by atoms with Gasteiger partial charge in [0.1, 0.15) is 0 Å². The molecule has 0 aliphatic carbocycles. The van der Waals surface area contributed by atoms with Crippen LogP contribution < -0.4 is 5.32 Å². The maximum Gasteiger partial charge on any atom is 0.390 e. The van der Waals surface area contributed by atoms with Gasteiger partial charge in [0, 0.05) is 17.5 Å². The number of rotatable bonds is 4. The van der Waals surface area contributed by atoms with Crippen molar-refractivity contribution in [3.63, 3.8) is 0 Å². The third kappa shape index (κ3) is 4.11. The van der Waals surface area contributed by atoms with E-state index in [1.54, 1.807) is 11.3 Å². The molecule has 0 spiro atoms. The van der Waals surface area contributed by atoms with Gasteiger partial charge in [0.25, 0.3) is 0 Å². The third-order valence-corrected chi connectivity index (χ3v) is 2.88. The molecule has 1 rings (SSSR count). The molecular weight excluding hydrogens is 211 g/mol. The fourth-order valence-corrected chi connectivity index (χ4v) is 1.83. The average Bonchev–Trinajstić information content (AvgIpc) is 2.53. The molecular formula is C9H12F3NS. The Kier molecular flexibility index (Phi) is 3.95. The minimum Gasteiger partial charge on any atom is -0.309 e. The van der Waals surface area contributed by atoms with Crippen molar-refractivity contribution in [3.05, 3.63) is 22.4 Å². The molecule has 5 heteroatoms. The summed E-state index contributed by atoms with van der Waals surface area (Å²) in [5, 5.41) is 4.75. The molecule has 0 saturated carbocycles. The van der Waals surface area contributed by atoms with Crippen LogP contribution in [0.3, 0.4) is 0 Å². The van der Waals surface area contributed by atoms with Gasteiger partial charge in [-0.1, -0.05) is 6.07 Å². The summed E-state index contributed by atoms with van der Waals surface area (Å²) in [7, 11) is 0. The highest BCUT2D eigenvalue weighted by molar-refractivity contribution is 7.10. The van der Waals surface area contributed by atoms with Crippen LogP contribution >= 0.6 is 11.3 Å².